The van der Waals surface area contributed by atoms with Gasteiger partial charge in [-0.2, -0.15) is 0 Å². The van der Waals surface area contributed by atoms with Crippen LogP contribution in [-0.4, -0.2) is 80.2 Å². The van der Waals surface area contributed by atoms with Gasteiger partial charge in [-0.15, -0.1) is 0 Å². The van der Waals surface area contributed by atoms with Crippen molar-refractivity contribution in [2.45, 2.75) is 19.6 Å². The number of aliphatic hydroxyl groups is 1. The molecule has 0 radical (unpaired) electrons. The summed E-state index contributed by atoms with van der Waals surface area (Å²) in [5, 5.41) is 11.5. The third kappa shape index (κ3) is 6.12. The van der Waals surface area contributed by atoms with Gasteiger partial charge in [0.15, 0.2) is 11.5 Å². The smallest absolute Gasteiger partial charge is 0.295 e. The number of morpholine rings is 1. The zero-order valence-electron chi connectivity index (χ0n) is 24.2. The molecule has 5 rings (SSSR count). The second-order valence-electron chi connectivity index (χ2n) is 10.3. The van der Waals surface area contributed by atoms with Gasteiger partial charge in [0.05, 0.1) is 39.0 Å². The van der Waals surface area contributed by atoms with E-state index in [2.05, 4.69) is 4.90 Å². The summed E-state index contributed by atoms with van der Waals surface area (Å²) in [6.45, 7) is 5.84. The predicted molar refractivity (Wildman–Crippen MR) is 158 cm³/mol. The first-order valence-electron chi connectivity index (χ1n) is 14.0. The standard InChI is InChI=1S/C33H36N2O7/c1-22-19-25(10-11-26(22)39-2)31(36)29-30(35(33(38)32(29)37)14-13-34-15-17-41-18-16-34)24-9-12-27(28(20-24)40-3)42-21-23-7-5-4-6-8-23/h4-12,19-20,30,36H,13-18,21H2,1-3H3. The number of aliphatic hydroxyl groups excluding tert-OH is 1. The number of rotatable bonds is 10. The highest BCUT2D eigenvalue weighted by molar-refractivity contribution is 6.46. The molecular formula is C33H36N2O7. The number of aryl methyl sites for hydroxylation is 1. The summed E-state index contributed by atoms with van der Waals surface area (Å²) in [5.74, 6) is 0.0367. The summed E-state index contributed by atoms with van der Waals surface area (Å²) in [7, 11) is 3.12. The zero-order valence-corrected chi connectivity index (χ0v) is 24.2. The van der Waals surface area contributed by atoms with Gasteiger partial charge in [-0.3, -0.25) is 14.5 Å². The Morgan fingerprint density at radius 1 is 0.905 bits per heavy atom. The summed E-state index contributed by atoms with van der Waals surface area (Å²) in [6.07, 6.45) is 0. The minimum absolute atomic E-state index is 0.0338. The first kappa shape index (κ1) is 29.2. The summed E-state index contributed by atoms with van der Waals surface area (Å²) < 4.78 is 22.5. The number of carbonyl (C=O) groups excluding carboxylic acids is 2. The van der Waals surface area contributed by atoms with Crippen LogP contribution in [0.25, 0.3) is 5.76 Å². The number of benzene rings is 3. The van der Waals surface area contributed by atoms with Crippen LogP contribution >= 0.6 is 0 Å². The highest BCUT2D eigenvalue weighted by Crippen LogP contribution is 2.42. The highest BCUT2D eigenvalue weighted by Gasteiger charge is 2.46. The lowest BCUT2D eigenvalue weighted by Crippen LogP contribution is -2.42. The molecule has 2 fully saturated rings. The number of likely N-dealkylation sites (tertiary alicyclic amines) is 1. The number of amides is 1. The van der Waals surface area contributed by atoms with E-state index in [1.165, 1.54) is 0 Å². The van der Waals surface area contributed by atoms with E-state index in [0.717, 1.165) is 24.2 Å². The molecule has 1 unspecified atom stereocenters. The van der Waals surface area contributed by atoms with Gasteiger partial charge >= 0.3 is 0 Å². The van der Waals surface area contributed by atoms with Crippen LogP contribution in [0, 0.1) is 6.92 Å². The molecule has 1 atom stereocenters. The van der Waals surface area contributed by atoms with Crippen molar-refractivity contribution < 1.29 is 33.6 Å². The van der Waals surface area contributed by atoms with Crippen molar-refractivity contribution in [1.29, 1.82) is 0 Å². The van der Waals surface area contributed by atoms with Crippen LogP contribution in [0.1, 0.15) is 28.3 Å². The maximum Gasteiger partial charge on any atom is 0.295 e. The van der Waals surface area contributed by atoms with E-state index in [4.69, 9.17) is 18.9 Å². The van der Waals surface area contributed by atoms with Gasteiger partial charge in [0.1, 0.15) is 18.1 Å². The zero-order chi connectivity index (χ0) is 29.6. The largest absolute Gasteiger partial charge is 0.507 e. The Labute approximate surface area is 245 Å². The van der Waals surface area contributed by atoms with Crippen LogP contribution in [0.5, 0.6) is 17.2 Å². The molecule has 3 aromatic carbocycles. The molecule has 9 nitrogen and oxygen atoms in total. The van der Waals surface area contributed by atoms with Crippen LogP contribution in [0.2, 0.25) is 0 Å². The third-order valence-corrected chi connectivity index (χ3v) is 7.71. The molecule has 0 saturated carbocycles. The highest BCUT2D eigenvalue weighted by atomic mass is 16.5. The Balaban J connectivity index is 1.52. The number of methoxy groups -OCH3 is 2. The maximum absolute atomic E-state index is 13.5. The minimum atomic E-state index is -0.814. The molecule has 2 heterocycles. The number of nitrogens with zero attached hydrogens (tertiary/aromatic N) is 2. The fourth-order valence-corrected chi connectivity index (χ4v) is 5.42. The fourth-order valence-electron chi connectivity index (χ4n) is 5.42. The topological polar surface area (TPSA) is 97.8 Å². The Kier molecular flexibility index (Phi) is 9.09. The molecule has 2 saturated heterocycles. The lowest BCUT2D eigenvalue weighted by Gasteiger charge is -2.31. The lowest BCUT2D eigenvalue weighted by atomic mass is 9.94. The van der Waals surface area contributed by atoms with Crippen molar-refractivity contribution in [1.82, 2.24) is 9.80 Å². The van der Waals surface area contributed by atoms with Crippen molar-refractivity contribution in [3.05, 3.63) is 94.6 Å². The molecular weight excluding hydrogens is 536 g/mol. The normalized spacial score (nSPS) is 18.7. The molecule has 220 valence electrons. The van der Waals surface area contributed by atoms with E-state index < -0.39 is 17.7 Å². The molecule has 2 aliphatic rings. The number of hydrogen-bond acceptors (Lipinski definition) is 8. The van der Waals surface area contributed by atoms with Crippen LogP contribution in [0.15, 0.2) is 72.3 Å². The summed E-state index contributed by atoms with van der Waals surface area (Å²) >= 11 is 0. The van der Waals surface area contributed by atoms with Gasteiger partial charge in [0.2, 0.25) is 0 Å². The van der Waals surface area contributed by atoms with Crippen molar-refractivity contribution in [3.8, 4) is 17.2 Å². The first-order chi connectivity index (χ1) is 20.4. The van der Waals surface area contributed by atoms with Gasteiger partial charge in [-0.1, -0.05) is 36.4 Å². The number of ketones is 1. The second kappa shape index (κ2) is 13.1. The molecule has 1 N–H and O–H groups in total. The number of hydrogen-bond donors (Lipinski definition) is 1. The molecule has 1 amide bonds. The average Bonchev–Trinajstić information content (AvgIpc) is 3.28. The monoisotopic (exact) mass is 572 g/mol. The minimum Gasteiger partial charge on any atom is -0.507 e. The predicted octanol–water partition coefficient (Wildman–Crippen LogP) is 4.35. The molecule has 0 aromatic heterocycles. The van der Waals surface area contributed by atoms with Gasteiger partial charge in [0.25, 0.3) is 11.7 Å². The van der Waals surface area contributed by atoms with Crippen molar-refractivity contribution >= 4 is 17.4 Å². The fraction of sp³-hybridized carbons (Fsp3) is 0.333. The van der Waals surface area contributed by atoms with Crippen molar-refractivity contribution in [2.75, 3.05) is 53.6 Å². The van der Waals surface area contributed by atoms with Gasteiger partial charge < -0.3 is 29.0 Å². The molecule has 42 heavy (non-hydrogen) atoms. The van der Waals surface area contributed by atoms with Crippen molar-refractivity contribution in [2.24, 2.45) is 0 Å². The van der Waals surface area contributed by atoms with Gasteiger partial charge in [0, 0.05) is 31.7 Å². The van der Waals surface area contributed by atoms with Crippen LogP contribution in [-0.2, 0) is 20.9 Å². The average molecular weight is 573 g/mol. The molecule has 2 aliphatic heterocycles. The third-order valence-electron chi connectivity index (χ3n) is 7.71. The molecule has 9 heteroatoms. The Morgan fingerprint density at radius 2 is 1.62 bits per heavy atom. The van der Waals surface area contributed by atoms with Crippen LogP contribution in [0.4, 0.5) is 0 Å². The quantitative estimate of drug-likeness (QED) is 0.218. The van der Waals surface area contributed by atoms with Gasteiger partial charge in [-0.25, -0.2) is 0 Å². The molecule has 0 bridgehead atoms. The van der Waals surface area contributed by atoms with Crippen LogP contribution in [0.3, 0.4) is 0 Å². The first-order valence-corrected chi connectivity index (χ1v) is 14.0. The number of carbonyl (C=O) groups is 2. The lowest BCUT2D eigenvalue weighted by molar-refractivity contribution is -0.140. The van der Waals surface area contributed by atoms with E-state index in [0.29, 0.717) is 61.3 Å². The second-order valence-corrected chi connectivity index (χ2v) is 10.3. The Morgan fingerprint density at radius 3 is 2.31 bits per heavy atom. The van der Waals surface area contributed by atoms with E-state index in [1.54, 1.807) is 49.5 Å². The van der Waals surface area contributed by atoms with E-state index >= 15 is 0 Å². The Hall–Kier alpha value is -4.34. The summed E-state index contributed by atoms with van der Waals surface area (Å²) in [5.41, 5.74) is 2.90. The SMILES string of the molecule is COc1ccc(C(O)=C2C(=O)C(=O)N(CCN3CCOCC3)C2c2ccc(OCc3ccccc3)c(OC)c2)cc1C. The molecule has 0 aliphatic carbocycles. The summed E-state index contributed by atoms with van der Waals surface area (Å²) in [4.78, 5) is 30.7. The Bertz CT molecular complexity index is 1460. The number of Topliss-reactive ketones (excluding diaryl/α,β-unsaturated/α-hetero) is 1. The molecule has 3 aromatic rings. The maximum atomic E-state index is 13.5. The van der Waals surface area contributed by atoms with E-state index in [9.17, 15) is 14.7 Å². The van der Waals surface area contributed by atoms with E-state index in [1.807, 2.05) is 43.3 Å². The number of ether oxygens (including phenoxy) is 4. The van der Waals surface area contributed by atoms with Crippen LogP contribution < -0.4 is 14.2 Å². The molecule has 0 spiro atoms. The van der Waals surface area contributed by atoms with E-state index in [-0.39, 0.29) is 11.3 Å². The summed E-state index contributed by atoms with van der Waals surface area (Å²) in [6, 6.07) is 19.5. The van der Waals surface area contributed by atoms with Crippen molar-refractivity contribution in [3.63, 3.8) is 0 Å². The van der Waals surface area contributed by atoms with Gasteiger partial charge in [-0.05, 0) is 53.9 Å².